The van der Waals surface area contributed by atoms with Crippen LogP contribution in [-0.4, -0.2) is 13.1 Å². The molecule has 86 valence electrons. The molecule has 0 saturated heterocycles. The molecule has 0 unspecified atom stereocenters. The molecule has 0 atom stereocenters. The van der Waals surface area contributed by atoms with Crippen molar-refractivity contribution in [2.45, 2.75) is 24.7 Å². The van der Waals surface area contributed by atoms with Crippen molar-refractivity contribution in [1.29, 1.82) is 0 Å². The van der Waals surface area contributed by atoms with Gasteiger partial charge in [0.2, 0.25) is 0 Å². The predicted octanol–water partition coefficient (Wildman–Crippen LogP) is 3.59. The summed E-state index contributed by atoms with van der Waals surface area (Å²) in [4.78, 5) is 11.8. The van der Waals surface area contributed by atoms with Crippen LogP contribution in [0.1, 0.15) is 24.8 Å². The molecule has 1 aromatic carbocycles. The predicted molar refractivity (Wildman–Crippen MR) is 64.0 cm³/mol. The number of carbonyl (C=O) groups is 1. The summed E-state index contributed by atoms with van der Waals surface area (Å²) in [6.45, 7) is 0. The zero-order valence-electron chi connectivity index (χ0n) is 8.93. The number of hydrogen-bond acceptors (Lipinski definition) is 2. The van der Waals surface area contributed by atoms with Crippen LogP contribution in [0.15, 0.2) is 18.2 Å². The molecule has 1 aromatic rings. The third-order valence-electron chi connectivity index (χ3n) is 3.26. The van der Waals surface area contributed by atoms with Gasteiger partial charge in [0.05, 0.1) is 22.6 Å². The number of benzene rings is 1. The summed E-state index contributed by atoms with van der Waals surface area (Å²) in [6.07, 6.45) is 2.67. The standard InChI is InChI=1S/C12H12Cl2O2/c1-16-11(15)12(5-2-6-12)8-3-4-9(13)10(14)7-8/h3-4,7H,2,5-6H2,1H3. The van der Waals surface area contributed by atoms with Gasteiger partial charge in [-0.1, -0.05) is 35.7 Å². The lowest BCUT2D eigenvalue weighted by Gasteiger charge is -2.39. The molecule has 1 aliphatic rings. The number of hydrogen-bond donors (Lipinski definition) is 0. The summed E-state index contributed by atoms with van der Waals surface area (Å²) < 4.78 is 4.87. The van der Waals surface area contributed by atoms with Crippen LogP contribution in [0.3, 0.4) is 0 Å². The van der Waals surface area contributed by atoms with Crippen LogP contribution in [-0.2, 0) is 14.9 Å². The Kier molecular flexibility index (Phi) is 3.13. The molecule has 1 saturated carbocycles. The van der Waals surface area contributed by atoms with Crippen LogP contribution in [0.5, 0.6) is 0 Å². The highest BCUT2D eigenvalue weighted by Gasteiger charge is 2.46. The zero-order chi connectivity index (χ0) is 11.8. The highest BCUT2D eigenvalue weighted by Crippen LogP contribution is 2.45. The van der Waals surface area contributed by atoms with Crippen molar-refractivity contribution >= 4 is 29.2 Å². The van der Waals surface area contributed by atoms with Crippen molar-refractivity contribution in [2.75, 3.05) is 7.11 Å². The molecule has 1 aliphatic carbocycles. The molecule has 0 spiro atoms. The molecule has 0 radical (unpaired) electrons. The first-order chi connectivity index (χ1) is 7.60. The van der Waals surface area contributed by atoms with E-state index >= 15 is 0 Å². The fourth-order valence-electron chi connectivity index (χ4n) is 2.13. The quantitative estimate of drug-likeness (QED) is 0.758. The van der Waals surface area contributed by atoms with Crippen molar-refractivity contribution in [3.05, 3.63) is 33.8 Å². The SMILES string of the molecule is COC(=O)C1(c2ccc(Cl)c(Cl)c2)CCC1. The summed E-state index contributed by atoms with van der Waals surface area (Å²) in [5, 5.41) is 0.985. The van der Waals surface area contributed by atoms with E-state index in [1.54, 1.807) is 12.1 Å². The second kappa shape index (κ2) is 4.27. The fourth-order valence-corrected chi connectivity index (χ4v) is 2.43. The largest absolute Gasteiger partial charge is 0.468 e. The number of esters is 1. The van der Waals surface area contributed by atoms with Gasteiger partial charge < -0.3 is 4.74 Å². The van der Waals surface area contributed by atoms with E-state index in [-0.39, 0.29) is 5.97 Å². The van der Waals surface area contributed by atoms with E-state index in [1.807, 2.05) is 6.07 Å². The second-order valence-electron chi connectivity index (χ2n) is 4.06. The Labute approximate surface area is 104 Å². The van der Waals surface area contributed by atoms with Crippen molar-refractivity contribution < 1.29 is 9.53 Å². The molecule has 2 nitrogen and oxygen atoms in total. The van der Waals surface area contributed by atoms with E-state index in [1.165, 1.54) is 7.11 Å². The highest BCUT2D eigenvalue weighted by molar-refractivity contribution is 6.42. The molecular weight excluding hydrogens is 247 g/mol. The third-order valence-corrected chi connectivity index (χ3v) is 3.99. The van der Waals surface area contributed by atoms with Crippen LogP contribution in [0, 0.1) is 0 Å². The minimum Gasteiger partial charge on any atom is -0.468 e. The van der Waals surface area contributed by atoms with Gasteiger partial charge in [0, 0.05) is 0 Å². The molecule has 16 heavy (non-hydrogen) atoms. The van der Waals surface area contributed by atoms with E-state index in [0.717, 1.165) is 24.8 Å². The first-order valence-corrected chi connectivity index (χ1v) is 5.90. The molecule has 0 bridgehead atoms. The molecular formula is C12H12Cl2O2. The van der Waals surface area contributed by atoms with Gasteiger partial charge in [-0.2, -0.15) is 0 Å². The van der Waals surface area contributed by atoms with Gasteiger partial charge in [0.15, 0.2) is 0 Å². The number of rotatable bonds is 2. The van der Waals surface area contributed by atoms with Crippen molar-refractivity contribution in [2.24, 2.45) is 0 Å². The lowest BCUT2D eigenvalue weighted by atomic mass is 9.64. The van der Waals surface area contributed by atoms with E-state index in [0.29, 0.717) is 10.0 Å². The third kappa shape index (κ3) is 1.70. The van der Waals surface area contributed by atoms with Crippen LogP contribution < -0.4 is 0 Å². The van der Waals surface area contributed by atoms with Crippen molar-refractivity contribution in [3.63, 3.8) is 0 Å². The van der Waals surface area contributed by atoms with Gasteiger partial charge in [-0.15, -0.1) is 0 Å². The fraction of sp³-hybridized carbons (Fsp3) is 0.417. The Morgan fingerprint density at radius 3 is 2.44 bits per heavy atom. The smallest absolute Gasteiger partial charge is 0.316 e. The van der Waals surface area contributed by atoms with Crippen molar-refractivity contribution in [3.8, 4) is 0 Å². The van der Waals surface area contributed by atoms with E-state index < -0.39 is 5.41 Å². The first-order valence-electron chi connectivity index (χ1n) is 5.14. The summed E-state index contributed by atoms with van der Waals surface area (Å²) in [7, 11) is 1.42. The maximum atomic E-state index is 11.8. The van der Waals surface area contributed by atoms with E-state index in [9.17, 15) is 4.79 Å². The number of halogens is 2. The Balaban J connectivity index is 2.41. The topological polar surface area (TPSA) is 26.3 Å². The number of ether oxygens (including phenoxy) is 1. The Morgan fingerprint density at radius 2 is 2.00 bits per heavy atom. The molecule has 0 N–H and O–H groups in total. The minimum atomic E-state index is -0.497. The van der Waals surface area contributed by atoms with Crippen LogP contribution in [0.2, 0.25) is 10.0 Å². The van der Waals surface area contributed by atoms with Crippen LogP contribution in [0.25, 0.3) is 0 Å². The molecule has 0 aliphatic heterocycles. The maximum absolute atomic E-state index is 11.8. The average Bonchev–Trinajstić information content (AvgIpc) is 2.21. The van der Waals surface area contributed by atoms with Gasteiger partial charge in [0.25, 0.3) is 0 Å². The summed E-state index contributed by atoms with van der Waals surface area (Å²) >= 11 is 11.8. The average molecular weight is 259 g/mol. The van der Waals surface area contributed by atoms with E-state index in [2.05, 4.69) is 0 Å². The van der Waals surface area contributed by atoms with Gasteiger partial charge in [0.1, 0.15) is 0 Å². The van der Waals surface area contributed by atoms with Crippen molar-refractivity contribution in [1.82, 2.24) is 0 Å². The van der Waals surface area contributed by atoms with Gasteiger partial charge in [-0.25, -0.2) is 0 Å². The Bertz CT molecular complexity index is 425. The molecule has 4 heteroatoms. The number of methoxy groups -OCH3 is 1. The van der Waals surface area contributed by atoms with Crippen LogP contribution in [0.4, 0.5) is 0 Å². The zero-order valence-corrected chi connectivity index (χ0v) is 10.4. The molecule has 0 aromatic heterocycles. The Morgan fingerprint density at radius 1 is 1.31 bits per heavy atom. The van der Waals surface area contributed by atoms with Crippen LogP contribution >= 0.6 is 23.2 Å². The maximum Gasteiger partial charge on any atom is 0.316 e. The van der Waals surface area contributed by atoms with E-state index in [4.69, 9.17) is 27.9 Å². The monoisotopic (exact) mass is 258 g/mol. The summed E-state index contributed by atoms with van der Waals surface area (Å²) in [5.41, 5.74) is 0.406. The molecule has 0 heterocycles. The Hall–Kier alpha value is -0.730. The highest BCUT2D eigenvalue weighted by atomic mass is 35.5. The van der Waals surface area contributed by atoms with Gasteiger partial charge in [-0.3, -0.25) is 4.79 Å². The lowest BCUT2D eigenvalue weighted by Crippen LogP contribution is -2.43. The van der Waals surface area contributed by atoms with Gasteiger partial charge in [-0.05, 0) is 30.5 Å². The summed E-state index contributed by atoms with van der Waals surface area (Å²) in [5.74, 6) is -0.183. The number of carbonyl (C=O) groups excluding carboxylic acids is 1. The second-order valence-corrected chi connectivity index (χ2v) is 4.87. The first kappa shape index (κ1) is 11.7. The molecule has 2 rings (SSSR count). The normalized spacial score (nSPS) is 17.7. The lowest BCUT2D eigenvalue weighted by molar-refractivity contribution is -0.151. The minimum absolute atomic E-state index is 0.183. The summed E-state index contributed by atoms with van der Waals surface area (Å²) in [6, 6.07) is 5.34. The molecule has 1 fully saturated rings. The molecule has 0 amide bonds. The van der Waals surface area contributed by atoms with Gasteiger partial charge >= 0.3 is 5.97 Å².